The fourth-order valence-corrected chi connectivity index (χ4v) is 2.82. The van der Waals surface area contributed by atoms with Crippen molar-refractivity contribution in [2.75, 3.05) is 33.4 Å². The van der Waals surface area contributed by atoms with E-state index in [0.29, 0.717) is 0 Å². The number of nitrogens with one attached hydrogen (secondary N) is 3. The van der Waals surface area contributed by atoms with Gasteiger partial charge < -0.3 is 14.4 Å². The number of H-pyrrole nitrogens is 1. The third kappa shape index (κ3) is 5.22. The Morgan fingerprint density at radius 2 is 2.19 bits per heavy atom. The molecule has 142 valence electrons. The molecule has 0 bridgehead atoms. The first-order valence-corrected chi connectivity index (χ1v) is 8.63. The van der Waals surface area contributed by atoms with E-state index in [1.165, 1.54) is 17.0 Å². The van der Waals surface area contributed by atoms with Crippen LogP contribution in [-0.2, 0) is 11.3 Å². The minimum atomic E-state index is -0.506. The third-order valence-corrected chi connectivity index (χ3v) is 4.24. The summed E-state index contributed by atoms with van der Waals surface area (Å²) in [6.07, 6.45) is 1.56. The molecule has 0 aliphatic carbocycles. The second kappa shape index (κ2) is 9.06. The van der Waals surface area contributed by atoms with Crippen LogP contribution in [0.3, 0.4) is 0 Å². The summed E-state index contributed by atoms with van der Waals surface area (Å²) in [5.41, 5.74) is 4.02. The van der Waals surface area contributed by atoms with Gasteiger partial charge in [0.1, 0.15) is 25.4 Å². The number of rotatable bonds is 6. The van der Waals surface area contributed by atoms with Crippen LogP contribution in [0.5, 0.6) is 5.75 Å². The molecular formula is C18H22N5O4+. The number of ether oxygens (including phenoxy) is 2. The summed E-state index contributed by atoms with van der Waals surface area (Å²) >= 11 is 0. The largest absolute Gasteiger partial charge is 0.496 e. The molecule has 0 unspecified atom stereocenters. The number of carbonyl (C=O) groups excluding carboxylic acids is 1. The number of carbonyl (C=O) groups is 1. The molecule has 2 aromatic rings. The standard InChI is InChI=1S/C18H21N5O4/c1-26-16-4-2-13(10-14(16)12-23-6-8-27-9-7-23)11-19-22-18(25)15-3-5-17(24)21-20-15/h2-5,10-11H,6-9,12H2,1H3,(H,21,24)(H,22,25)/p+1/b19-11-. The molecule has 9 heteroatoms. The van der Waals surface area contributed by atoms with E-state index in [1.807, 2.05) is 18.2 Å². The van der Waals surface area contributed by atoms with Gasteiger partial charge in [0.25, 0.3) is 11.5 Å². The van der Waals surface area contributed by atoms with Crippen LogP contribution in [-0.4, -0.2) is 55.7 Å². The SMILES string of the molecule is COc1ccc(/C=N\NC(=O)c2ccc(=O)[nH]n2)cc1C[NH+]1CCOCC1. The fourth-order valence-electron chi connectivity index (χ4n) is 2.82. The average Bonchev–Trinajstić information content (AvgIpc) is 2.69. The maximum absolute atomic E-state index is 11.9. The highest BCUT2D eigenvalue weighted by atomic mass is 16.5. The first kappa shape index (κ1) is 18.7. The summed E-state index contributed by atoms with van der Waals surface area (Å²) in [6, 6.07) is 8.32. The Labute approximate surface area is 156 Å². The van der Waals surface area contributed by atoms with Crippen LogP contribution in [0.25, 0.3) is 0 Å². The topological polar surface area (TPSA) is 110 Å². The quantitative estimate of drug-likeness (QED) is 0.443. The van der Waals surface area contributed by atoms with Gasteiger partial charge in [0.05, 0.1) is 26.5 Å². The number of hydrogen-bond donors (Lipinski definition) is 3. The lowest BCUT2D eigenvalue weighted by Crippen LogP contribution is -3.12. The molecule has 0 radical (unpaired) electrons. The number of methoxy groups -OCH3 is 1. The van der Waals surface area contributed by atoms with Crippen LogP contribution in [0, 0.1) is 0 Å². The van der Waals surface area contributed by atoms with E-state index >= 15 is 0 Å². The predicted octanol–water partition coefficient (Wildman–Crippen LogP) is -1.04. The van der Waals surface area contributed by atoms with Crippen LogP contribution in [0.4, 0.5) is 0 Å². The predicted molar refractivity (Wildman–Crippen MR) is 98.1 cm³/mol. The van der Waals surface area contributed by atoms with Crippen molar-refractivity contribution in [2.24, 2.45) is 5.10 Å². The van der Waals surface area contributed by atoms with E-state index in [4.69, 9.17) is 9.47 Å². The highest BCUT2D eigenvalue weighted by Crippen LogP contribution is 2.18. The second-order valence-electron chi connectivity index (χ2n) is 6.12. The summed E-state index contributed by atoms with van der Waals surface area (Å²) in [5.74, 6) is 0.321. The number of quaternary nitrogens is 1. The number of hydrazone groups is 1. The van der Waals surface area contributed by atoms with Gasteiger partial charge in [-0.05, 0) is 29.8 Å². The molecule has 3 rings (SSSR count). The van der Waals surface area contributed by atoms with E-state index < -0.39 is 5.91 Å². The molecular weight excluding hydrogens is 350 g/mol. The number of nitrogens with zero attached hydrogens (tertiary/aromatic N) is 2. The minimum Gasteiger partial charge on any atom is -0.496 e. The Bertz CT molecular complexity index is 854. The van der Waals surface area contributed by atoms with Crippen LogP contribution in [0.2, 0.25) is 0 Å². The monoisotopic (exact) mass is 372 g/mol. The first-order chi connectivity index (χ1) is 13.2. The number of aromatic amines is 1. The maximum atomic E-state index is 11.9. The number of morpholine rings is 1. The maximum Gasteiger partial charge on any atom is 0.291 e. The Hall–Kier alpha value is -3.04. The van der Waals surface area contributed by atoms with Crippen LogP contribution >= 0.6 is 0 Å². The molecule has 1 aromatic carbocycles. The molecule has 0 saturated carbocycles. The normalized spacial score (nSPS) is 15.0. The first-order valence-electron chi connectivity index (χ1n) is 8.63. The molecule has 1 amide bonds. The molecule has 0 atom stereocenters. The summed E-state index contributed by atoms with van der Waals surface area (Å²) in [7, 11) is 1.65. The summed E-state index contributed by atoms with van der Waals surface area (Å²) in [6.45, 7) is 4.29. The van der Waals surface area contributed by atoms with Gasteiger partial charge in [-0.1, -0.05) is 0 Å². The lowest BCUT2D eigenvalue weighted by molar-refractivity contribution is -0.921. The van der Waals surface area contributed by atoms with E-state index in [2.05, 4.69) is 20.7 Å². The summed E-state index contributed by atoms with van der Waals surface area (Å²) in [5, 5.41) is 9.82. The average molecular weight is 372 g/mol. The molecule has 1 aliphatic rings. The third-order valence-electron chi connectivity index (χ3n) is 4.24. The van der Waals surface area contributed by atoms with Gasteiger partial charge in [0.15, 0.2) is 5.69 Å². The summed E-state index contributed by atoms with van der Waals surface area (Å²) in [4.78, 5) is 24.3. The van der Waals surface area contributed by atoms with Crippen molar-refractivity contribution in [3.8, 4) is 5.75 Å². The number of aromatic nitrogens is 2. The highest BCUT2D eigenvalue weighted by molar-refractivity contribution is 5.92. The number of amides is 1. The summed E-state index contributed by atoms with van der Waals surface area (Å²) < 4.78 is 10.9. The fraction of sp³-hybridized carbons (Fsp3) is 0.333. The van der Waals surface area contributed by atoms with E-state index in [-0.39, 0.29) is 11.3 Å². The number of hydrogen-bond acceptors (Lipinski definition) is 6. The zero-order valence-electron chi connectivity index (χ0n) is 15.0. The van der Waals surface area contributed by atoms with Gasteiger partial charge in [-0.15, -0.1) is 0 Å². The Kier molecular flexibility index (Phi) is 6.29. The van der Waals surface area contributed by atoms with Crippen molar-refractivity contribution < 1.29 is 19.2 Å². The van der Waals surface area contributed by atoms with Crippen molar-refractivity contribution >= 4 is 12.1 Å². The highest BCUT2D eigenvalue weighted by Gasteiger charge is 2.16. The van der Waals surface area contributed by atoms with Gasteiger partial charge in [-0.25, -0.2) is 10.5 Å². The Morgan fingerprint density at radius 3 is 2.89 bits per heavy atom. The van der Waals surface area contributed by atoms with Crippen molar-refractivity contribution in [1.82, 2.24) is 15.6 Å². The molecule has 1 aliphatic heterocycles. The smallest absolute Gasteiger partial charge is 0.291 e. The molecule has 9 nitrogen and oxygen atoms in total. The van der Waals surface area contributed by atoms with Crippen LogP contribution in [0.1, 0.15) is 21.6 Å². The van der Waals surface area contributed by atoms with Crippen LogP contribution < -0.4 is 20.6 Å². The molecule has 1 saturated heterocycles. The van der Waals surface area contributed by atoms with Crippen molar-refractivity contribution in [3.05, 3.63) is 57.5 Å². The minimum absolute atomic E-state index is 0.0816. The van der Waals surface area contributed by atoms with Gasteiger partial charge in [-0.3, -0.25) is 9.59 Å². The van der Waals surface area contributed by atoms with E-state index in [1.54, 1.807) is 13.3 Å². The van der Waals surface area contributed by atoms with Gasteiger partial charge in [0.2, 0.25) is 0 Å². The molecule has 27 heavy (non-hydrogen) atoms. The van der Waals surface area contributed by atoms with Gasteiger partial charge in [0, 0.05) is 11.6 Å². The molecule has 0 spiro atoms. The molecule has 2 heterocycles. The Morgan fingerprint density at radius 1 is 1.37 bits per heavy atom. The lowest BCUT2D eigenvalue weighted by atomic mass is 10.1. The zero-order chi connectivity index (χ0) is 19.1. The lowest BCUT2D eigenvalue weighted by Gasteiger charge is -2.24. The van der Waals surface area contributed by atoms with Crippen molar-refractivity contribution in [1.29, 1.82) is 0 Å². The zero-order valence-corrected chi connectivity index (χ0v) is 15.0. The van der Waals surface area contributed by atoms with Crippen LogP contribution in [0.15, 0.2) is 40.2 Å². The number of benzene rings is 1. The van der Waals surface area contributed by atoms with E-state index in [9.17, 15) is 9.59 Å². The van der Waals surface area contributed by atoms with Crippen molar-refractivity contribution in [2.45, 2.75) is 6.54 Å². The Balaban J connectivity index is 1.65. The molecule has 1 aromatic heterocycles. The van der Waals surface area contributed by atoms with E-state index in [0.717, 1.165) is 49.7 Å². The van der Waals surface area contributed by atoms with Crippen molar-refractivity contribution in [3.63, 3.8) is 0 Å². The van der Waals surface area contributed by atoms with Gasteiger partial charge in [-0.2, -0.15) is 10.2 Å². The molecule has 3 N–H and O–H groups in total. The van der Waals surface area contributed by atoms with Gasteiger partial charge >= 0.3 is 0 Å². The second-order valence-corrected chi connectivity index (χ2v) is 6.12. The molecule has 1 fully saturated rings.